The zero-order chi connectivity index (χ0) is 22.7. The lowest BCUT2D eigenvalue weighted by molar-refractivity contribution is -0.114. The van der Waals surface area contributed by atoms with Crippen LogP contribution in [0.4, 0.5) is 5.69 Å². The number of pyridine rings is 1. The summed E-state index contributed by atoms with van der Waals surface area (Å²) in [6, 6.07) is 10.4. The molecular weight excluding hydrogens is 430 g/mol. The number of aromatic amines is 1. The van der Waals surface area contributed by atoms with Crippen LogP contribution in [0.5, 0.6) is 0 Å². The number of amides is 2. The molecule has 9 heteroatoms. The van der Waals surface area contributed by atoms with Crippen LogP contribution in [-0.4, -0.2) is 44.8 Å². The molecule has 1 saturated heterocycles. The zero-order valence-corrected chi connectivity index (χ0v) is 18.2. The number of aromatic nitrogens is 3. The molecule has 0 atom stereocenters. The molecule has 2 N–H and O–H groups in total. The number of carbonyl (C=O) groups is 2. The summed E-state index contributed by atoms with van der Waals surface area (Å²) in [5.41, 5.74) is 2.15. The van der Waals surface area contributed by atoms with Crippen LogP contribution in [0.2, 0.25) is 5.02 Å². The van der Waals surface area contributed by atoms with Crippen molar-refractivity contribution in [2.24, 2.45) is 0 Å². The number of anilines is 1. The molecule has 1 fully saturated rings. The predicted octanol–water partition coefficient (Wildman–Crippen LogP) is 3.46. The van der Waals surface area contributed by atoms with Gasteiger partial charge in [0, 0.05) is 55.1 Å². The van der Waals surface area contributed by atoms with Crippen molar-refractivity contribution in [3.63, 3.8) is 0 Å². The van der Waals surface area contributed by atoms with Crippen molar-refractivity contribution in [2.75, 3.05) is 18.4 Å². The van der Waals surface area contributed by atoms with Gasteiger partial charge in [0.25, 0.3) is 11.5 Å². The van der Waals surface area contributed by atoms with E-state index in [4.69, 9.17) is 11.6 Å². The molecule has 0 unspecified atom stereocenters. The van der Waals surface area contributed by atoms with Crippen molar-refractivity contribution in [1.29, 1.82) is 0 Å². The van der Waals surface area contributed by atoms with E-state index in [0.29, 0.717) is 48.7 Å². The third-order valence-corrected chi connectivity index (χ3v) is 5.83. The van der Waals surface area contributed by atoms with Crippen molar-refractivity contribution >= 4 is 29.1 Å². The van der Waals surface area contributed by atoms with E-state index in [1.54, 1.807) is 53.7 Å². The van der Waals surface area contributed by atoms with E-state index in [2.05, 4.69) is 20.3 Å². The van der Waals surface area contributed by atoms with Crippen LogP contribution in [0.15, 0.2) is 53.6 Å². The molecule has 2 amide bonds. The molecule has 3 heterocycles. The maximum atomic E-state index is 12.9. The Morgan fingerprint density at radius 2 is 1.75 bits per heavy atom. The smallest absolute Gasteiger partial charge is 0.270 e. The van der Waals surface area contributed by atoms with Gasteiger partial charge in [-0.25, -0.2) is 4.98 Å². The van der Waals surface area contributed by atoms with E-state index < -0.39 is 0 Å². The average molecular weight is 452 g/mol. The molecule has 0 bridgehead atoms. The number of nitrogens with zero attached hydrogens (tertiary/aromatic N) is 3. The molecule has 164 valence electrons. The lowest BCUT2D eigenvalue weighted by Gasteiger charge is -2.32. The van der Waals surface area contributed by atoms with Gasteiger partial charge in [0.2, 0.25) is 5.91 Å². The van der Waals surface area contributed by atoms with E-state index in [-0.39, 0.29) is 28.3 Å². The molecular formula is C23H22ClN5O3. The molecule has 1 aromatic carbocycles. The van der Waals surface area contributed by atoms with Crippen molar-refractivity contribution in [3.05, 3.63) is 75.4 Å². The van der Waals surface area contributed by atoms with Crippen molar-refractivity contribution in [1.82, 2.24) is 19.9 Å². The van der Waals surface area contributed by atoms with Gasteiger partial charge in [0.1, 0.15) is 10.8 Å². The third kappa shape index (κ3) is 4.70. The van der Waals surface area contributed by atoms with E-state index >= 15 is 0 Å². The molecule has 0 spiro atoms. The quantitative estimate of drug-likeness (QED) is 0.631. The van der Waals surface area contributed by atoms with Crippen LogP contribution in [0.3, 0.4) is 0 Å². The Bertz CT molecular complexity index is 1190. The summed E-state index contributed by atoms with van der Waals surface area (Å²) in [5.74, 6) is 0.205. The maximum Gasteiger partial charge on any atom is 0.270 e. The van der Waals surface area contributed by atoms with Crippen LogP contribution < -0.4 is 10.9 Å². The molecule has 4 rings (SSSR count). The van der Waals surface area contributed by atoms with Crippen LogP contribution in [-0.2, 0) is 4.79 Å². The summed E-state index contributed by atoms with van der Waals surface area (Å²) in [7, 11) is 0. The Hall–Kier alpha value is -3.52. The highest BCUT2D eigenvalue weighted by Gasteiger charge is 2.28. The predicted molar refractivity (Wildman–Crippen MR) is 122 cm³/mol. The minimum atomic E-state index is -0.374. The molecule has 1 aliphatic heterocycles. The number of nitrogens with one attached hydrogen (secondary N) is 2. The molecule has 2 aromatic heterocycles. The Balaban J connectivity index is 1.47. The lowest BCUT2D eigenvalue weighted by atomic mass is 9.92. The molecule has 0 aliphatic carbocycles. The number of likely N-dealkylation sites (tertiary alicyclic amines) is 1. The molecule has 3 aromatic rings. The summed E-state index contributed by atoms with van der Waals surface area (Å²) < 4.78 is 0. The Kier molecular flexibility index (Phi) is 6.32. The standard InChI is InChI=1S/C23H22ClN5O3/c1-14(30)26-18-4-2-17(3-5-18)23(32)29-12-8-15(9-13-29)20-19(24)22(31)28-21(27-20)16-6-10-25-11-7-16/h2-7,10-11,15H,8-9,12-13H2,1H3,(H,26,30)(H,27,28,31). The summed E-state index contributed by atoms with van der Waals surface area (Å²) in [4.78, 5) is 49.5. The first-order valence-electron chi connectivity index (χ1n) is 10.3. The van der Waals surface area contributed by atoms with E-state index in [1.165, 1.54) is 6.92 Å². The van der Waals surface area contributed by atoms with Gasteiger partial charge in [-0.1, -0.05) is 11.6 Å². The molecule has 8 nitrogen and oxygen atoms in total. The highest BCUT2D eigenvalue weighted by atomic mass is 35.5. The second-order valence-corrected chi connectivity index (χ2v) is 8.05. The number of hydrogen-bond donors (Lipinski definition) is 2. The molecule has 32 heavy (non-hydrogen) atoms. The number of hydrogen-bond acceptors (Lipinski definition) is 5. The Labute approximate surface area is 189 Å². The Morgan fingerprint density at radius 1 is 1.09 bits per heavy atom. The normalized spacial score (nSPS) is 14.2. The number of piperidine rings is 1. The zero-order valence-electron chi connectivity index (χ0n) is 17.5. The van der Waals surface area contributed by atoms with Crippen LogP contribution >= 0.6 is 11.6 Å². The fourth-order valence-electron chi connectivity index (χ4n) is 3.83. The number of rotatable bonds is 4. The summed E-state index contributed by atoms with van der Waals surface area (Å²) in [6.45, 7) is 2.50. The fraction of sp³-hybridized carbons (Fsp3) is 0.261. The summed E-state index contributed by atoms with van der Waals surface area (Å²) in [6.07, 6.45) is 4.58. The van der Waals surface area contributed by atoms with Gasteiger partial charge < -0.3 is 15.2 Å². The fourth-order valence-corrected chi connectivity index (χ4v) is 4.08. The van der Waals surface area contributed by atoms with Crippen molar-refractivity contribution < 1.29 is 9.59 Å². The van der Waals surface area contributed by atoms with Gasteiger partial charge in [-0.2, -0.15) is 0 Å². The van der Waals surface area contributed by atoms with Gasteiger partial charge in [-0.15, -0.1) is 0 Å². The minimum absolute atomic E-state index is 0.0171. The second kappa shape index (κ2) is 9.32. The first-order valence-corrected chi connectivity index (χ1v) is 10.7. The number of halogens is 1. The maximum absolute atomic E-state index is 12.9. The highest BCUT2D eigenvalue weighted by molar-refractivity contribution is 6.31. The van der Waals surface area contributed by atoms with Crippen molar-refractivity contribution in [2.45, 2.75) is 25.7 Å². The first kappa shape index (κ1) is 21.7. The number of benzene rings is 1. The monoisotopic (exact) mass is 451 g/mol. The Morgan fingerprint density at radius 3 is 2.38 bits per heavy atom. The topological polar surface area (TPSA) is 108 Å². The SMILES string of the molecule is CC(=O)Nc1ccc(C(=O)N2CCC(c3nc(-c4ccncc4)[nH]c(=O)c3Cl)CC2)cc1. The highest BCUT2D eigenvalue weighted by Crippen LogP contribution is 2.31. The first-order chi connectivity index (χ1) is 15.4. The molecule has 1 aliphatic rings. The van der Waals surface area contributed by atoms with Gasteiger partial charge in [-0.3, -0.25) is 19.4 Å². The van der Waals surface area contributed by atoms with E-state index in [0.717, 1.165) is 5.56 Å². The second-order valence-electron chi connectivity index (χ2n) is 7.67. The van der Waals surface area contributed by atoms with E-state index in [1.807, 2.05) is 0 Å². The minimum Gasteiger partial charge on any atom is -0.339 e. The summed E-state index contributed by atoms with van der Waals surface area (Å²) in [5, 5.41) is 2.78. The van der Waals surface area contributed by atoms with Crippen LogP contribution in [0.1, 0.15) is 41.7 Å². The lowest BCUT2D eigenvalue weighted by Crippen LogP contribution is -2.38. The molecule has 0 radical (unpaired) electrons. The van der Waals surface area contributed by atoms with Crippen LogP contribution in [0, 0.1) is 0 Å². The van der Waals surface area contributed by atoms with Crippen LogP contribution in [0.25, 0.3) is 11.4 Å². The van der Waals surface area contributed by atoms with Gasteiger partial charge in [0.15, 0.2) is 0 Å². The molecule has 0 saturated carbocycles. The van der Waals surface area contributed by atoms with Gasteiger partial charge >= 0.3 is 0 Å². The third-order valence-electron chi connectivity index (χ3n) is 5.46. The average Bonchev–Trinajstić information content (AvgIpc) is 2.81. The number of H-pyrrole nitrogens is 1. The number of carbonyl (C=O) groups excluding carboxylic acids is 2. The van der Waals surface area contributed by atoms with E-state index in [9.17, 15) is 14.4 Å². The summed E-state index contributed by atoms with van der Waals surface area (Å²) >= 11 is 6.30. The largest absolute Gasteiger partial charge is 0.339 e. The van der Waals surface area contributed by atoms with Gasteiger partial charge in [0.05, 0.1) is 5.69 Å². The van der Waals surface area contributed by atoms with Crippen molar-refractivity contribution in [3.8, 4) is 11.4 Å². The van der Waals surface area contributed by atoms with Gasteiger partial charge in [-0.05, 0) is 49.2 Å².